The lowest BCUT2D eigenvalue weighted by atomic mass is 10.0. The summed E-state index contributed by atoms with van der Waals surface area (Å²) < 4.78 is 45.0. The third-order valence-corrected chi connectivity index (χ3v) is 4.64. The number of halogens is 3. The Balaban J connectivity index is 1.55. The quantitative estimate of drug-likeness (QED) is 0.840. The Morgan fingerprint density at radius 2 is 2.00 bits per heavy atom. The minimum absolute atomic E-state index is 0.0775. The molecule has 0 amide bonds. The van der Waals surface area contributed by atoms with E-state index in [0.29, 0.717) is 24.4 Å². The van der Waals surface area contributed by atoms with Crippen LogP contribution in [0.2, 0.25) is 0 Å². The maximum absolute atomic E-state index is 13.4. The van der Waals surface area contributed by atoms with E-state index in [1.807, 2.05) is 6.07 Å². The lowest BCUT2D eigenvalue weighted by Gasteiger charge is -2.14. The van der Waals surface area contributed by atoms with Gasteiger partial charge >= 0.3 is 0 Å². The summed E-state index contributed by atoms with van der Waals surface area (Å²) in [6.45, 7) is 2.23. The number of benzene rings is 1. The Kier molecular flexibility index (Phi) is 3.81. The molecule has 2 heterocycles. The number of ether oxygens (including phenoxy) is 1. The highest BCUT2D eigenvalue weighted by atomic mass is 19.3. The van der Waals surface area contributed by atoms with Gasteiger partial charge in [-0.3, -0.25) is 9.88 Å². The van der Waals surface area contributed by atoms with Gasteiger partial charge in [0.1, 0.15) is 12.5 Å². The normalized spacial score (nSPS) is 19.3. The largest absolute Gasteiger partial charge is 0.358 e. The van der Waals surface area contributed by atoms with E-state index in [2.05, 4.69) is 9.88 Å². The highest BCUT2D eigenvalue weighted by Crippen LogP contribution is 2.44. The first-order valence-corrected chi connectivity index (χ1v) is 7.93. The number of aromatic nitrogens is 1. The van der Waals surface area contributed by atoms with Crippen molar-refractivity contribution < 1.29 is 17.9 Å². The second-order valence-electron chi connectivity index (χ2n) is 6.56. The van der Waals surface area contributed by atoms with Crippen molar-refractivity contribution in [3.63, 3.8) is 0 Å². The number of alkyl halides is 2. The second kappa shape index (κ2) is 5.86. The van der Waals surface area contributed by atoms with E-state index in [-0.39, 0.29) is 5.60 Å². The van der Waals surface area contributed by atoms with Gasteiger partial charge in [0.2, 0.25) is 0 Å². The van der Waals surface area contributed by atoms with Gasteiger partial charge in [-0.25, -0.2) is 13.2 Å². The standard InChI is InChI=1S/C18H17F3N2O/c19-16-2-1-13(6-15(16)17(20)21)14-5-12(7-22-8-14)9-23-10-18(3-4-18)24-11-23/h1-2,5-8,17H,3-4,9-11H2. The molecule has 0 radical (unpaired) electrons. The van der Waals surface area contributed by atoms with Crippen molar-refractivity contribution in [2.45, 2.75) is 31.4 Å². The monoisotopic (exact) mass is 334 g/mol. The first kappa shape index (κ1) is 15.6. The molecule has 1 spiro atoms. The van der Waals surface area contributed by atoms with Crippen molar-refractivity contribution in [2.75, 3.05) is 13.3 Å². The van der Waals surface area contributed by atoms with Gasteiger partial charge in [0.15, 0.2) is 0 Å². The summed E-state index contributed by atoms with van der Waals surface area (Å²) >= 11 is 0. The molecule has 0 unspecified atom stereocenters. The number of hydrogen-bond acceptors (Lipinski definition) is 3. The van der Waals surface area contributed by atoms with Crippen LogP contribution in [0.5, 0.6) is 0 Å². The van der Waals surface area contributed by atoms with Crippen LogP contribution >= 0.6 is 0 Å². The van der Waals surface area contributed by atoms with E-state index >= 15 is 0 Å². The van der Waals surface area contributed by atoms with E-state index in [9.17, 15) is 13.2 Å². The zero-order valence-electron chi connectivity index (χ0n) is 13.0. The van der Waals surface area contributed by atoms with Gasteiger partial charge in [0.05, 0.1) is 11.2 Å². The fraction of sp³-hybridized carbons (Fsp3) is 0.389. The van der Waals surface area contributed by atoms with Crippen molar-refractivity contribution in [3.05, 3.63) is 53.6 Å². The van der Waals surface area contributed by atoms with Gasteiger partial charge in [0, 0.05) is 31.0 Å². The molecule has 2 aromatic rings. The molecule has 2 fully saturated rings. The van der Waals surface area contributed by atoms with Crippen LogP contribution in [0.25, 0.3) is 11.1 Å². The SMILES string of the molecule is Fc1ccc(-c2cncc(CN3COC4(CC4)C3)c2)cc1C(F)F. The molecule has 1 saturated heterocycles. The lowest BCUT2D eigenvalue weighted by molar-refractivity contribution is 0.0735. The Bertz CT molecular complexity index is 762. The molecule has 0 N–H and O–H groups in total. The Morgan fingerprint density at radius 3 is 2.71 bits per heavy atom. The topological polar surface area (TPSA) is 25.4 Å². The van der Waals surface area contributed by atoms with E-state index in [0.717, 1.165) is 31.0 Å². The second-order valence-corrected chi connectivity index (χ2v) is 6.56. The van der Waals surface area contributed by atoms with E-state index in [4.69, 9.17) is 4.74 Å². The first-order chi connectivity index (χ1) is 11.5. The summed E-state index contributed by atoms with van der Waals surface area (Å²) in [5, 5.41) is 0. The van der Waals surface area contributed by atoms with Crippen molar-refractivity contribution in [1.82, 2.24) is 9.88 Å². The molecule has 0 atom stereocenters. The Hall–Kier alpha value is -1.92. The van der Waals surface area contributed by atoms with Crippen LogP contribution in [-0.4, -0.2) is 28.8 Å². The summed E-state index contributed by atoms with van der Waals surface area (Å²) in [5.74, 6) is -0.887. The van der Waals surface area contributed by atoms with Crippen LogP contribution in [0.15, 0.2) is 36.7 Å². The molecule has 1 aromatic heterocycles. The van der Waals surface area contributed by atoms with Gasteiger partial charge in [-0.1, -0.05) is 6.07 Å². The van der Waals surface area contributed by atoms with Crippen LogP contribution in [-0.2, 0) is 11.3 Å². The number of rotatable bonds is 4. The van der Waals surface area contributed by atoms with Crippen molar-refractivity contribution in [2.24, 2.45) is 0 Å². The average Bonchev–Trinajstić information content (AvgIpc) is 3.21. The minimum Gasteiger partial charge on any atom is -0.358 e. The first-order valence-electron chi connectivity index (χ1n) is 7.93. The number of hydrogen-bond donors (Lipinski definition) is 0. The van der Waals surface area contributed by atoms with Crippen molar-refractivity contribution in [1.29, 1.82) is 0 Å². The van der Waals surface area contributed by atoms with Gasteiger partial charge in [-0.15, -0.1) is 0 Å². The minimum atomic E-state index is -2.84. The molecule has 1 aliphatic carbocycles. The highest BCUT2D eigenvalue weighted by molar-refractivity contribution is 5.64. The molecule has 6 heteroatoms. The number of nitrogens with zero attached hydrogens (tertiary/aromatic N) is 2. The zero-order valence-corrected chi connectivity index (χ0v) is 13.0. The summed E-state index contributed by atoms with van der Waals surface area (Å²) in [6.07, 6.45) is 2.77. The van der Waals surface area contributed by atoms with Gasteiger partial charge < -0.3 is 4.74 Å². The summed E-state index contributed by atoms with van der Waals surface area (Å²) in [5.41, 5.74) is 1.72. The van der Waals surface area contributed by atoms with Gasteiger partial charge in [-0.05, 0) is 42.2 Å². The lowest BCUT2D eigenvalue weighted by Crippen LogP contribution is -2.22. The molecule has 1 aromatic carbocycles. The Labute approximate surface area is 138 Å². The molecular weight excluding hydrogens is 317 g/mol. The smallest absolute Gasteiger partial charge is 0.266 e. The molecule has 2 aliphatic rings. The molecule has 4 rings (SSSR count). The van der Waals surface area contributed by atoms with E-state index in [1.54, 1.807) is 12.4 Å². The third kappa shape index (κ3) is 3.03. The fourth-order valence-corrected chi connectivity index (χ4v) is 3.15. The maximum atomic E-state index is 13.4. The highest BCUT2D eigenvalue weighted by Gasteiger charge is 2.49. The molecule has 24 heavy (non-hydrogen) atoms. The molecular formula is C18H17F3N2O. The van der Waals surface area contributed by atoms with Crippen molar-refractivity contribution in [3.8, 4) is 11.1 Å². The van der Waals surface area contributed by atoms with Gasteiger partial charge in [-0.2, -0.15) is 0 Å². The maximum Gasteiger partial charge on any atom is 0.266 e. The predicted octanol–water partition coefficient (Wildman–Crippen LogP) is 4.15. The van der Waals surface area contributed by atoms with Gasteiger partial charge in [0.25, 0.3) is 6.43 Å². The Morgan fingerprint density at radius 1 is 1.17 bits per heavy atom. The predicted molar refractivity (Wildman–Crippen MR) is 82.9 cm³/mol. The molecule has 126 valence electrons. The van der Waals surface area contributed by atoms with E-state index < -0.39 is 17.8 Å². The molecule has 1 saturated carbocycles. The van der Waals surface area contributed by atoms with Crippen LogP contribution in [0.4, 0.5) is 13.2 Å². The van der Waals surface area contributed by atoms with E-state index in [1.165, 1.54) is 12.1 Å². The zero-order chi connectivity index (χ0) is 16.7. The van der Waals surface area contributed by atoms with Crippen LogP contribution in [0.1, 0.15) is 30.4 Å². The molecule has 3 nitrogen and oxygen atoms in total. The average molecular weight is 334 g/mol. The van der Waals surface area contributed by atoms with Crippen molar-refractivity contribution >= 4 is 0 Å². The molecule has 0 bridgehead atoms. The van der Waals surface area contributed by atoms with Crippen LogP contribution < -0.4 is 0 Å². The third-order valence-electron chi connectivity index (χ3n) is 4.64. The van der Waals surface area contributed by atoms with Crippen LogP contribution in [0.3, 0.4) is 0 Å². The fourth-order valence-electron chi connectivity index (χ4n) is 3.15. The van der Waals surface area contributed by atoms with Crippen LogP contribution in [0, 0.1) is 5.82 Å². The summed E-state index contributed by atoms with van der Waals surface area (Å²) in [4.78, 5) is 6.41. The molecule has 1 aliphatic heterocycles. The number of pyridine rings is 1. The summed E-state index contributed by atoms with van der Waals surface area (Å²) in [6, 6.07) is 5.68. The summed E-state index contributed by atoms with van der Waals surface area (Å²) in [7, 11) is 0.